The lowest BCUT2D eigenvalue weighted by atomic mass is 10.1. The maximum atomic E-state index is 13.2. The molecule has 0 bridgehead atoms. The largest absolute Gasteiger partial charge is 0.471 e. The van der Waals surface area contributed by atoms with E-state index in [0.29, 0.717) is 16.8 Å². The Kier molecular flexibility index (Phi) is 6.06. The normalized spacial score (nSPS) is 11.5. The Morgan fingerprint density at radius 2 is 2.00 bits per heavy atom. The van der Waals surface area contributed by atoms with Gasteiger partial charge in [0.2, 0.25) is 5.88 Å². The monoisotopic (exact) mass is 428 g/mol. The summed E-state index contributed by atoms with van der Waals surface area (Å²) in [6, 6.07) is 6.59. The Morgan fingerprint density at radius 1 is 1.30 bits per heavy atom. The maximum Gasteiger partial charge on any atom is 0.405 e. The molecule has 0 radical (unpaired) electrons. The van der Waals surface area contributed by atoms with E-state index in [-0.39, 0.29) is 23.9 Å². The minimum Gasteiger partial charge on any atom is -0.471 e. The van der Waals surface area contributed by atoms with Crippen molar-refractivity contribution in [2.45, 2.75) is 19.4 Å². The van der Waals surface area contributed by atoms with Crippen LogP contribution in [0.4, 0.5) is 17.6 Å². The standard InChI is InChI=1S/C18H16F4N4O4/c1-26-13(17(28)23-9-18(20,21)22)6-15(24-26)29-8-12-14(7-27)30-25-16(12)10-2-4-11(19)5-3-10/h2-6,27H,7-9H2,1H3,(H,23,28). The highest BCUT2D eigenvalue weighted by Gasteiger charge is 2.28. The molecule has 12 heteroatoms. The molecule has 0 unspecified atom stereocenters. The van der Waals surface area contributed by atoms with Crippen LogP contribution in [0, 0.1) is 5.82 Å². The first kappa shape index (κ1) is 21.3. The molecule has 3 aromatic rings. The Morgan fingerprint density at radius 3 is 2.63 bits per heavy atom. The molecule has 0 spiro atoms. The molecule has 0 saturated carbocycles. The van der Waals surface area contributed by atoms with Crippen molar-refractivity contribution in [2.24, 2.45) is 7.05 Å². The minimum atomic E-state index is -4.54. The highest BCUT2D eigenvalue weighted by molar-refractivity contribution is 5.92. The highest BCUT2D eigenvalue weighted by Crippen LogP contribution is 2.27. The van der Waals surface area contributed by atoms with Crippen molar-refractivity contribution in [2.75, 3.05) is 6.54 Å². The lowest BCUT2D eigenvalue weighted by molar-refractivity contribution is -0.123. The number of amides is 1. The van der Waals surface area contributed by atoms with Gasteiger partial charge in [-0.3, -0.25) is 9.48 Å². The summed E-state index contributed by atoms with van der Waals surface area (Å²) < 4.78 is 61.6. The molecule has 0 saturated heterocycles. The van der Waals surface area contributed by atoms with Gasteiger partial charge in [-0.15, -0.1) is 5.10 Å². The average Bonchev–Trinajstić information content (AvgIpc) is 3.27. The number of aryl methyl sites for hydroxylation is 1. The van der Waals surface area contributed by atoms with E-state index in [1.165, 1.54) is 37.4 Å². The first-order valence-corrected chi connectivity index (χ1v) is 8.54. The van der Waals surface area contributed by atoms with E-state index in [0.717, 1.165) is 4.68 Å². The summed E-state index contributed by atoms with van der Waals surface area (Å²) in [5, 5.41) is 19.0. The lowest BCUT2D eigenvalue weighted by Gasteiger charge is -2.07. The third-order valence-electron chi connectivity index (χ3n) is 4.03. The quantitative estimate of drug-likeness (QED) is 0.561. The molecule has 0 atom stereocenters. The van der Waals surface area contributed by atoms with Crippen LogP contribution >= 0.6 is 0 Å². The fourth-order valence-electron chi connectivity index (χ4n) is 2.59. The van der Waals surface area contributed by atoms with Crippen LogP contribution in [0.2, 0.25) is 0 Å². The number of hydrogen-bond acceptors (Lipinski definition) is 6. The second-order valence-corrected chi connectivity index (χ2v) is 6.18. The molecule has 3 rings (SSSR count). The van der Waals surface area contributed by atoms with Gasteiger partial charge in [0.05, 0.1) is 5.56 Å². The lowest BCUT2D eigenvalue weighted by Crippen LogP contribution is -2.34. The van der Waals surface area contributed by atoms with E-state index in [1.54, 1.807) is 5.32 Å². The van der Waals surface area contributed by atoms with Crippen LogP contribution in [-0.4, -0.2) is 38.7 Å². The second kappa shape index (κ2) is 8.53. The molecule has 0 aliphatic heterocycles. The summed E-state index contributed by atoms with van der Waals surface area (Å²) in [6.07, 6.45) is -4.54. The maximum absolute atomic E-state index is 13.2. The predicted molar refractivity (Wildman–Crippen MR) is 93.7 cm³/mol. The highest BCUT2D eigenvalue weighted by atomic mass is 19.4. The summed E-state index contributed by atoms with van der Waals surface area (Å²) in [4.78, 5) is 11.9. The first-order chi connectivity index (χ1) is 14.2. The molecule has 2 N–H and O–H groups in total. The van der Waals surface area contributed by atoms with E-state index in [9.17, 15) is 27.5 Å². The van der Waals surface area contributed by atoms with Gasteiger partial charge in [0.15, 0.2) is 5.76 Å². The molecule has 8 nitrogen and oxygen atoms in total. The number of hydrogen-bond donors (Lipinski definition) is 2. The van der Waals surface area contributed by atoms with Crippen LogP contribution in [0.3, 0.4) is 0 Å². The number of benzene rings is 1. The van der Waals surface area contributed by atoms with Crippen molar-refractivity contribution in [3.63, 3.8) is 0 Å². The zero-order chi connectivity index (χ0) is 21.9. The number of aliphatic hydroxyl groups is 1. The smallest absolute Gasteiger partial charge is 0.405 e. The molecule has 1 amide bonds. The fraction of sp³-hybridized carbons (Fsp3) is 0.278. The zero-order valence-corrected chi connectivity index (χ0v) is 15.5. The van der Waals surface area contributed by atoms with Crippen LogP contribution in [-0.2, 0) is 20.3 Å². The third-order valence-corrected chi connectivity index (χ3v) is 4.03. The summed E-state index contributed by atoms with van der Waals surface area (Å²) in [6.45, 7) is -2.12. The van der Waals surface area contributed by atoms with Crippen molar-refractivity contribution < 1.29 is 36.7 Å². The van der Waals surface area contributed by atoms with Crippen LogP contribution < -0.4 is 10.1 Å². The Hall–Kier alpha value is -3.41. The fourth-order valence-corrected chi connectivity index (χ4v) is 2.59. The van der Waals surface area contributed by atoms with Crippen molar-refractivity contribution in [3.05, 3.63) is 53.2 Å². The molecule has 1 aromatic carbocycles. The van der Waals surface area contributed by atoms with Gasteiger partial charge < -0.3 is 19.7 Å². The van der Waals surface area contributed by atoms with Gasteiger partial charge in [-0.25, -0.2) is 4.39 Å². The number of aromatic nitrogens is 3. The number of aliphatic hydroxyl groups excluding tert-OH is 1. The molecule has 2 aromatic heterocycles. The van der Waals surface area contributed by atoms with Crippen LogP contribution in [0.15, 0.2) is 34.9 Å². The van der Waals surface area contributed by atoms with Crippen LogP contribution in [0.5, 0.6) is 5.88 Å². The first-order valence-electron chi connectivity index (χ1n) is 8.54. The SMILES string of the molecule is Cn1nc(OCc2c(-c3ccc(F)cc3)noc2CO)cc1C(=O)NCC(F)(F)F. The number of ether oxygens (including phenoxy) is 1. The van der Waals surface area contributed by atoms with E-state index in [4.69, 9.17) is 9.26 Å². The molecule has 0 aliphatic rings. The summed E-state index contributed by atoms with van der Waals surface area (Å²) >= 11 is 0. The number of nitrogens with zero attached hydrogens (tertiary/aromatic N) is 3. The minimum absolute atomic E-state index is 0.0372. The van der Waals surface area contributed by atoms with Gasteiger partial charge in [0, 0.05) is 18.7 Å². The van der Waals surface area contributed by atoms with Crippen molar-refractivity contribution in [1.82, 2.24) is 20.3 Å². The predicted octanol–water partition coefficient (Wildman–Crippen LogP) is 2.58. The Labute approximate surface area is 167 Å². The molecule has 30 heavy (non-hydrogen) atoms. The van der Waals surface area contributed by atoms with Gasteiger partial charge in [0.1, 0.15) is 37.0 Å². The third kappa shape index (κ3) is 4.95. The molecular weight excluding hydrogens is 412 g/mol. The van der Waals surface area contributed by atoms with Crippen molar-refractivity contribution in [1.29, 1.82) is 0 Å². The summed E-state index contributed by atoms with van der Waals surface area (Å²) in [5.41, 5.74) is 1.07. The van der Waals surface area contributed by atoms with Gasteiger partial charge in [-0.05, 0) is 24.3 Å². The number of alkyl halides is 3. The van der Waals surface area contributed by atoms with E-state index in [1.807, 2.05) is 0 Å². The van der Waals surface area contributed by atoms with Gasteiger partial charge in [0.25, 0.3) is 5.91 Å². The van der Waals surface area contributed by atoms with E-state index in [2.05, 4.69) is 10.3 Å². The molecule has 0 aliphatic carbocycles. The van der Waals surface area contributed by atoms with Crippen molar-refractivity contribution in [3.8, 4) is 17.1 Å². The molecule has 2 heterocycles. The zero-order valence-electron chi connectivity index (χ0n) is 15.5. The van der Waals surface area contributed by atoms with E-state index < -0.39 is 31.1 Å². The van der Waals surface area contributed by atoms with Gasteiger partial charge in [-0.2, -0.15) is 13.2 Å². The average molecular weight is 428 g/mol. The van der Waals surface area contributed by atoms with Crippen LogP contribution in [0.1, 0.15) is 21.8 Å². The Balaban J connectivity index is 1.75. The van der Waals surface area contributed by atoms with E-state index >= 15 is 0 Å². The molecule has 0 fully saturated rings. The number of nitrogens with one attached hydrogen (secondary N) is 1. The molecular formula is C18H16F4N4O4. The number of carbonyl (C=O) groups excluding carboxylic acids is 1. The number of rotatable bonds is 7. The topological polar surface area (TPSA) is 102 Å². The summed E-state index contributed by atoms with van der Waals surface area (Å²) in [7, 11) is 1.37. The molecule has 160 valence electrons. The Bertz CT molecular complexity index is 1030. The summed E-state index contributed by atoms with van der Waals surface area (Å²) in [5.74, 6) is -1.32. The van der Waals surface area contributed by atoms with Crippen LogP contribution in [0.25, 0.3) is 11.3 Å². The number of halogens is 4. The van der Waals surface area contributed by atoms with Gasteiger partial charge in [-0.1, -0.05) is 5.16 Å². The van der Waals surface area contributed by atoms with Crippen molar-refractivity contribution >= 4 is 5.91 Å². The van der Waals surface area contributed by atoms with Gasteiger partial charge >= 0.3 is 6.18 Å². The number of carbonyl (C=O) groups is 1. The second-order valence-electron chi connectivity index (χ2n) is 6.18.